The quantitative estimate of drug-likeness (QED) is 0.553. The Morgan fingerprint density at radius 2 is 1.26 bits per heavy atom. The molecule has 4 saturated carbocycles. The lowest BCUT2D eigenvalue weighted by Crippen LogP contribution is -2.72. The molecule has 0 aliphatic heterocycles. The number of ether oxygens (including phenoxy) is 3. The molecule has 0 saturated heterocycles. The molecule has 5 unspecified atom stereocenters. The summed E-state index contributed by atoms with van der Waals surface area (Å²) in [5, 5.41) is 0. The van der Waals surface area contributed by atoms with Crippen LogP contribution in [0.1, 0.15) is 61.3 Å². The first-order valence-electron chi connectivity index (χ1n) is 9.92. The summed E-state index contributed by atoms with van der Waals surface area (Å²) in [6.45, 7) is 12.9. The molecular weight excluding hydrogens is 348 g/mol. The number of esters is 3. The van der Waals surface area contributed by atoms with Crippen molar-refractivity contribution in [3.63, 3.8) is 0 Å². The Kier molecular flexibility index (Phi) is 4.84. The van der Waals surface area contributed by atoms with Gasteiger partial charge in [0, 0.05) is 43.9 Å². The number of hydrogen-bond acceptors (Lipinski definition) is 6. The van der Waals surface area contributed by atoms with E-state index in [1.165, 1.54) is 20.8 Å². The lowest BCUT2D eigenvalue weighted by atomic mass is 9.35. The number of fused-ring (bicyclic) bond motifs is 2. The van der Waals surface area contributed by atoms with E-state index in [2.05, 4.69) is 27.7 Å². The van der Waals surface area contributed by atoms with Crippen molar-refractivity contribution in [1.82, 2.24) is 0 Å². The van der Waals surface area contributed by atoms with Crippen molar-refractivity contribution in [3.8, 4) is 0 Å². The molecule has 0 heterocycles. The Labute approximate surface area is 161 Å². The first-order chi connectivity index (χ1) is 12.4. The molecule has 4 fully saturated rings. The minimum Gasteiger partial charge on any atom is -0.462 e. The summed E-state index contributed by atoms with van der Waals surface area (Å²) in [6.07, 6.45) is 0.384. The van der Waals surface area contributed by atoms with E-state index in [0.29, 0.717) is 18.3 Å². The van der Waals surface area contributed by atoms with E-state index in [-0.39, 0.29) is 58.9 Å². The number of hydrogen-bond donors (Lipinski definition) is 0. The molecule has 6 heteroatoms. The second-order valence-electron chi connectivity index (χ2n) is 9.56. The molecule has 0 N–H and O–H groups in total. The Bertz CT molecular complexity index is 655. The summed E-state index contributed by atoms with van der Waals surface area (Å²) in [7, 11) is 0. The zero-order chi connectivity index (χ0) is 20.3. The van der Waals surface area contributed by atoms with Crippen molar-refractivity contribution in [2.45, 2.75) is 79.6 Å². The molecule has 27 heavy (non-hydrogen) atoms. The maximum Gasteiger partial charge on any atom is 0.302 e. The molecule has 152 valence electrons. The zero-order valence-electron chi connectivity index (χ0n) is 17.4. The molecule has 0 aromatic carbocycles. The minimum atomic E-state index is -0.367. The Morgan fingerprint density at radius 1 is 0.741 bits per heavy atom. The van der Waals surface area contributed by atoms with Crippen molar-refractivity contribution in [1.29, 1.82) is 0 Å². The van der Waals surface area contributed by atoms with E-state index in [4.69, 9.17) is 14.2 Å². The van der Waals surface area contributed by atoms with E-state index in [0.717, 1.165) is 6.42 Å². The molecule has 4 bridgehead atoms. The summed E-state index contributed by atoms with van der Waals surface area (Å²) >= 11 is 0. The maximum absolute atomic E-state index is 11.9. The summed E-state index contributed by atoms with van der Waals surface area (Å²) < 4.78 is 17.3. The van der Waals surface area contributed by atoms with Gasteiger partial charge in [0.15, 0.2) is 0 Å². The third kappa shape index (κ3) is 2.95. The highest BCUT2D eigenvalue weighted by Gasteiger charge is 2.76. The van der Waals surface area contributed by atoms with Crippen molar-refractivity contribution in [3.05, 3.63) is 0 Å². The average Bonchev–Trinajstić information content (AvgIpc) is 2.58. The molecule has 4 rings (SSSR count). The van der Waals surface area contributed by atoms with Gasteiger partial charge in [-0.05, 0) is 24.2 Å². The number of carbonyl (C=O) groups is 3. The van der Waals surface area contributed by atoms with E-state index >= 15 is 0 Å². The minimum absolute atomic E-state index is 0.0857. The van der Waals surface area contributed by atoms with Gasteiger partial charge in [-0.25, -0.2) is 0 Å². The highest BCUT2D eigenvalue weighted by molar-refractivity contribution is 5.67. The highest BCUT2D eigenvalue weighted by Crippen LogP contribution is 2.74. The molecule has 4 aliphatic carbocycles. The Morgan fingerprint density at radius 3 is 1.78 bits per heavy atom. The van der Waals surface area contributed by atoms with E-state index in [9.17, 15) is 14.4 Å². The third-order valence-corrected chi connectivity index (χ3v) is 7.57. The van der Waals surface area contributed by atoms with Crippen LogP contribution in [-0.4, -0.2) is 36.2 Å². The SMILES string of the molecule is CC(=O)OC1C[C@H](C)C2C3C1C2(C)[C@H](OC(C)=O)C[C@@H](OC(C)=O)C3(C)C. The third-order valence-electron chi connectivity index (χ3n) is 7.57. The van der Waals surface area contributed by atoms with Crippen LogP contribution in [0.4, 0.5) is 0 Å². The summed E-state index contributed by atoms with van der Waals surface area (Å²) in [5.41, 5.74) is -0.594. The van der Waals surface area contributed by atoms with Gasteiger partial charge in [0.2, 0.25) is 0 Å². The summed E-state index contributed by atoms with van der Waals surface area (Å²) in [6, 6.07) is 0. The Hall–Kier alpha value is -1.59. The number of carbonyl (C=O) groups excluding carboxylic acids is 3. The van der Waals surface area contributed by atoms with Crippen LogP contribution in [0.3, 0.4) is 0 Å². The molecular formula is C21H32O6. The fraction of sp³-hybridized carbons (Fsp3) is 0.857. The van der Waals surface area contributed by atoms with Gasteiger partial charge in [-0.3, -0.25) is 14.4 Å². The topological polar surface area (TPSA) is 78.9 Å². The zero-order valence-corrected chi connectivity index (χ0v) is 17.4. The molecule has 0 aromatic heterocycles. The van der Waals surface area contributed by atoms with Crippen molar-refractivity contribution in [2.24, 2.45) is 34.5 Å². The van der Waals surface area contributed by atoms with E-state index in [1.54, 1.807) is 0 Å². The van der Waals surface area contributed by atoms with Crippen LogP contribution in [0.25, 0.3) is 0 Å². The van der Waals surface area contributed by atoms with Crippen LogP contribution in [0.2, 0.25) is 0 Å². The summed E-state index contributed by atoms with van der Waals surface area (Å²) in [4.78, 5) is 35.4. The van der Waals surface area contributed by atoms with Crippen molar-refractivity contribution in [2.75, 3.05) is 0 Å². The molecule has 8 atom stereocenters. The lowest BCUT2D eigenvalue weighted by Gasteiger charge is -2.70. The van der Waals surface area contributed by atoms with Crippen molar-refractivity contribution < 1.29 is 28.6 Å². The van der Waals surface area contributed by atoms with Gasteiger partial charge < -0.3 is 14.2 Å². The van der Waals surface area contributed by atoms with Gasteiger partial charge in [0.05, 0.1) is 0 Å². The van der Waals surface area contributed by atoms with Crippen LogP contribution in [0.5, 0.6) is 0 Å². The molecule has 0 aromatic rings. The lowest BCUT2D eigenvalue weighted by molar-refractivity contribution is -0.285. The van der Waals surface area contributed by atoms with Gasteiger partial charge in [0.1, 0.15) is 18.3 Å². The fourth-order valence-electron chi connectivity index (χ4n) is 6.79. The summed E-state index contributed by atoms with van der Waals surface area (Å²) in [5.74, 6) is 0.0330. The Balaban J connectivity index is 2.08. The van der Waals surface area contributed by atoms with E-state index < -0.39 is 0 Å². The van der Waals surface area contributed by atoms with E-state index in [1.807, 2.05) is 0 Å². The second kappa shape index (κ2) is 6.49. The molecule has 6 nitrogen and oxygen atoms in total. The van der Waals surface area contributed by atoms with Crippen LogP contribution in [-0.2, 0) is 28.6 Å². The monoisotopic (exact) mass is 380 g/mol. The average molecular weight is 380 g/mol. The fourth-order valence-corrected chi connectivity index (χ4v) is 6.79. The van der Waals surface area contributed by atoms with Gasteiger partial charge in [-0.15, -0.1) is 0 Å². The van der Waals surface area contributed by atoms with Gasteiger partial charge in [0.25, 0.3) is 0 Å². The van der Waals surface area contributed by atoms with Crippen LogP contribution < -0.4 is 0 Å². The second-order valence-corrected chi connectivity index (χ2v) is 9.56. The highest BCUT2D eigenvalue weighted by atomic mass is 16.6. The standard InChI is InChI=1S/C21H32O6/c1-10-8-14(25-11(2)22)18-19-17(10)21(18,7)16(27-13(4)24)9-15(20(19,5)6)26-12(3)23/h10,14-19H,8-9H2,1-7H3/t10-,14?,15+,16+,17?,18?,19?,21?/m0/s1. The molecule has 0 amide bonds. The van der Waals surface area contributed by atoms with Crippen LogP contribution >= 0.6 is 0 Å². The van der Waals surface area contributed by atoms with Gasteiger partial charge in [-0.2, -0.15) is 0 Å². The molecule has 0 radical (unpaired) electrons. The molecule has 0 spiro atoms. The smallest absolute Gasteiger partial charge is 0.302 e. The normalized spacial score (nSPS) is 44.3. The predicted molar refractivity (Wildman–Crippen MR) is 97.4 cm³/mol. The van der Waals surface area contributed by atoms with Crippen molar-refractivity contribution >= 4 is 17.9 Å². The first kappa shape index (κ1) is 20.2. The first-order valence-corrected chi connectivity index (χ1v) is 9.92. The van der Waals surface area contributed by atoms with Crippen LogP contribution in [0.15, 0.2) is 0 Å². The maximum atomic E-state index is 11.9. The number of rotatable bonds is 3. The van der Waals surface area contributed by atoms with Crippen LogP contribution in [0, 0.1) is 34.5 Å². The van der Waals surface area contributed by atoms with Gasteiger partial charge in [-0.1, -0.05) is 27.7 Å². The predicted octanol–water partition coefficient (Wildman–Crippen LogP) is 3.12. The largest absolute Gasteiger partial charge is 0.462 e. The van der Waals surface area contributed by atoms with Gasteiger partial charge >= 0.3 is 17.9 Å². The molecule has 4 aliphatic rings.